The van der Waals surface area contributed by atoms with Crippen molar-refractivity contribution in [1.82, 2.24) is 9.38 Å². The van der Waals surface area contributed by atoms with Gasteiger partial charge in [-0.05, 0) is 12.1 Å². The molecule has 0 N–H and O–H groups in total. The molecule has 0 spiro atoms. The normalized spacial score (nSPS) is 10.0. The Morgan fingerprint density at radius 3 is 3.25 bits per heavy atom. The molecule has 0 bridgehead atoms. The Bertz CT molecular complexity index is 408. The van der Waals surface area contributed by atoms with Crippen LogP contribution in [0.25, 0.3) is 5.65 Å². The fourth-order valence-corrected chi connectivity index (χ4v) is 1.05. The first-order chi connectivity index (χ1) is 5.92. The number of pyridine rings is 1. The Hall–Kier alpha value is -1.84. The fourth-order valence-electron chi connectivity index (χ4n) is 1.05. The highest BCUT2D eigenvalue weighted by molar-refractivity contribution is 5.47. The lowest BCUT2D eigenvalue weighted by Crippen LogP contribution is -1.92. The summed E-state index contributed by atoms with van der Waals surface area (Å²) in [6, 6.07) is 5.54. The summed E-state index contributed by atoms with van der Waals surface area (Å²) in [5, 5.41) is 0. The zero-order chi connectivity index (χ0) is 8.39. The fraction of sp³-hybridized carbons (Fsp3) is 0. The van der Waals surface area contributed by atoms with Crippen LogP contribution in [0.3, 0.4) is 0 Å². The van der Waals surface area contributed by atoms with Crippen molar-refractivity contribution in [1.29, 1.82) is 0 Å². The number of rotatable bonds is 2. The lowest BCUT2D eigenvalue weighted by molar-refractivity contribution is -0.121. The van der Waals surface area contributed by atoms with E-state index < -0.39 is 0 Å². The molecule has 0 saturated carbocycles. The molecule has 0 atom stereocenters. The van der Waals surface area contributed by atoms with Crippen LogP contribution in [-0.2, 0) is 4.79 Å². The molecule has 4 nitrogen and oxygen atoms in total. The second-order valence-corrected chi connectivity index (χ2v) is 2.24. The van der Waals surface area contributed by atoms with Crippen molar-refractivity contribution in [2.45, 2.75) is 0 Å². The maximum absolute atomic E-state index is 10.1. The second kappa shape index (κ2) is 2.65. The van der Waals surface area contributed by atoms with Crippen LogP contribution in [0.5, 0.6) is 5.88 Å². The van der Waals surface area contributed by atoms with E-state index >= 15 is 0 Å². The quantitative estimate of drug-likeness (QED) is 0.615. The standard InChI is InChI=1S/C8H6N2O2/c11-6-12-8-5-9-7-3-1-2-4-10(7)8/h1-6H. The second-order valence-electron chi connectivity index (χ2n) is 2.24. The molecule has 4 heteroatoms. The molecule has 0 aliphatic carbocycles. The summed E-state index contributed by atoms with van der Waals surface area (Å²) in [6.45, 7) is 0.385. The lowest BCUT2D eigenvalue weighted by Gasteiger charge is -1.95. The third kappa shape index (κ3) is 0.934. The van der Waals surface area contributed by atoms with Crippen LogP contribution in [0, 0.1) is 0 Å². The zero-order valence-corrected chi connectivity index (χ0v) is 6.18. The van der Waals surface area contributed by atoms with Crippen LogP contribution < -0.4 is 4.74 Å². The van der Waals surface area contributed by atoms with E-state index in [1.54, 1.807) is 10.6 Å². The molecule has 60 valence electrons. The van der Waals surface area contributed by atoms with Gasteiger partial charge in [0.15, 0.2) is 0 Å². The van der Waals surface area contributed by atoms with Gasteiger partial charge in [-0.25, -0.2) is 4.98 Å². The maximum atomic E-state index is 10.1. The maximum Gasteiger partial charge on any atom is 0.299 e. The van der Waals surface area contributed by atoms with Gasteiger partial charge in [-0.1, -0.05) is 6.07 Å². The smallest absolute Gasteiger partial charge is 0.299 e. The largest absolute Gasteiger partial charge is 0.409 e. The molecular weight excluding hydrogens is 156 g/mol. The van der Waals surface area contributed by atoms with Crippen molar-refractivity contribution in [3.8, 4) is 5.88 Å². The Labute approximate surface area is 68.4 Å². The molecule has 0 aromatic carbocycles. The minimum Gasteiger partial charge on any atom is -0.409 e. The molecule has 2 heterocycles. The number of carbonyl (C=O) groups excluding carboxylic acids is 1. The summed E-state index contributed by atoms with van der Waals surface area (Å²) in [5.74, 6) is 0.431. The first kappa shape index (κ1) is 6.84. The molecule has 0 amide bonds. The third-order valence-electron chi connectivity index (χ3n) is 1.55. The zero-order valence-electron chi connectivity index (χ0n) is 6.18. The molecule has 2 aromatic rings. The highest BCUT2D eigenvalue weighted by Gasteiger charge is 2.00. The molecule has 0 radical (unpaired) electrons. The molecule has 12 heavy (non-hydrogen) atoms. The first-order valence-corrected chi connectivity index (χ1v) is 3.44. The van der Waals surface area contributed by atoms with Gasteiger partial charge in [-0.15, -0.1) is 0 Å². The van der Waals surface area contributed by atoms with Gasteiger partial charge in [0, 0.05) is 6.20 Å². The van der Waals surface area contributed by atoms with E-state index in [9.17, 15) is 4.79 Å². The molecule has 0 unspecified atom stereocenters. The van der Waals surface area contributed by atoms with Gasteiger partial charge in [-0.3, -0.25) is 9.20 Å². The van der Waals surface area contributed by atoms with E-state index in [1.165, 1.54) is 6.20 Å². The average molecular weight is 162 g/mol. The molecule has 0 saturated heterocycles. The van der Waals surface area contributed by atoms with Crippen molar-refractivity contribution in [3.05, 3.63) is 30.6 Å². The molecule has 0 aliphatic heterocycles. The first-order valence-electron chi connectivity index (χ1n) is 3.44. The summed E-state index contributed by atoms with van der Waals surface area (Å²) in [7, 11) is 0. The van der Waals surface area contributed by atoms with E-state index in [0.717, 1.165) is 5.65 Å². The summed E-state index contributed by atoms with van der Waals surface area (Å²) in [4.78, 5) is 14.1. The number of fused-ring (bicyclic) bond motifs is 1. The predicted octanol–water partition coefficient (Wildman–Crippen LogP) is 0.869. The Morgan fingerprint density at radius 2 is 2.42 bits per heavy atom. The van der Waals surface area contributed by atoms with Gasteiger partial charge >= 0.3 is 0 Å². The van der Waals surface area contributed by atoms with Crippen LogP contribution in [0.15, 0.2) is 30.6 Å². The molecule has 2 rings (SSSR count). The van der Waals surface area contributed by atoms with E-state index in [-0.39, 0.29) is 0 Å². The average Bonchev–Trinajstić information content (AvgIpc) is 2.50. The van der Waals surface area contributed by atoms with Gasteiger partial charge < -0.3 is 4.74 Å². The van der Waals surface area contributed by atoms with E-state index in [1.807, 2.05) is 18.2 Å². The topological polar surface area (TPSA) is 43.6 Å². The van der Waals surface area contributed by atoms with Crippen LogP contribution in [-0.4, -0.2) is 15.9 Å². The van der Waals surface area contributed by atoms with Gasteiger partial charge in [0.2, 0.25) is 5.88 Å². The van der Waals surface area contributed by atoms with Gasteiger partial charge in [0.1, 0.15) is 5.65 Å². The highest BCUT2D eigenvalue weighted by atomic mass is 16.5. The van der Waals surface area contributed by atoms with Crippen molar-refractivity contribution in [2.75, 3.05) is 0 Å². The summed E-state index contributed by atoms with van der Waals surface area (Å²) < 4.78 is 6.37. The molecular formula is C8H6N2O2. The molecule has 2 aromatic heterocycles. The van der Waals surface area contributed by atoms with Crippen LogP contribution in [0.4, 0.5) is 0 Å². The van der Waals surface area contributed by atoms with E-state index in [4.69, 9.17) is 0 Å². The number of carbonyl (C=O) groups is 1. The van der Waals surface area contributed by atoms with Gasteiger partial charge in [0.05, 0.1) is 6.20 Å². The minimum absolute atomic E-state index is 0.385. The number of nitrogens with zero attached hydrogens (tertiary/aromatic N) is 2. The van der Waals surface area contributed by atoms with Gasteiger partial charge in [-0.2, -0.15) is 0 Å². The monoisotopic (exact) mass is 162 g/mol. The number of hydrogen-bond donors (Lipinski definition) is 0. The predicted molar refractivity (Wildman–Crippen MR) is 41.9 cm³/mol. The molecule has 0 aliphatic rings. The SMILES string of the molecule is O=COc1cnc2ccccn12. The van der Waals surface area contributed by atoms with E-state index in [2.05, 4.69) is 9.72 Å². The van der Waals surface area contributed by atoms with Gasteiger partial charge in [0.25, 0.3) is 6.47 Å². The van der Waals surface area contributed by atoms with Crippen molar-refractivity contribution in [2.24, 2.45) is 0 Å². The number of aromatic nitrogens is 2. The molecule has 0 fully saturated rings. The summed E-state index contributed by atoms with van der Waals surface area (Å²) >= 11 is 0. The number of imidazole rings is 1. The minimum atomic E-state index is 0.385. The van der Waals surface area contributed by atoms with Crippen molar-refractivity contribution < 1.29 is 9.53 Å². The Kier molecular flexibility index (Phi) is 1.51. The number of hydrogen-bond acceptors (Lipinski definition) is 3. The van der Waals surface area contributed by atoms with Crippen molar-refractivity contribution >= 4 is 12.1 Å². The summed E-state index contributed by atoms with van der Waals surface area (Å²) in [6.07, 6.45) is 3.28. The number of ether oxygens (including phenoxy) is 1. The highest BCUT2D eigenvalue weighted by Crippen LogP contribution is 2.12. The third-order valence-corrected chi connectivity index (χ3v) is 1.55. The summed E-state index contributed by atoms with van der Waals surface area (Å²) in [5.41, 5.74) is 0.759. The Balaban J connectivity index is 2.62. The van der Waals surface area contributed by atoms with Crippen LogP contribution in [0.1, 0.15) is 0 Å². The lowest BCUT2D eigenvalue weighted by atomic mass is 10.5. The van der Waals surface area contributed by atoms with Crippen molar-refractivity contribution in [3.63, 3.8) is 0 Å². The van der Waals surface area contributed by atoms with Crippen LogP contribution in [0.2, 0.25) is 0 Å². The van der Waals surface area contributed by atoms with E-state index in [0.29, 0.717) is 12.4 Å². The van der Waals surface area contributed by atoms with Crippen LogP contribution >= 0.6 is 0 Å². The Morgan fingerprint density at radius 1 is 1.50 bits per heavy atom.